The Morgan fingerprint density at radius 2 is 2.03 bits per heavy atom. The number of ether oxygens (including phenoxy) is 1. The van der Waals surface area contributed by atoms with Gasteiger partial charge in [0.25, 0.3) is 0 Å². The number of thiophene rings is 2. The van der Waals surface area contributed by atoms with Crippen molar-refractivity contribution in [3.8, 4) is 0 Å². The number of carbonyl (C=O) groups excluding carboxylic acids is 2. The summed E-state index contributed by atoms with van der Waals surface area (Å²) in [6.07, 6.45) is 2.29. The molecule has 3 aromatic heterocycles. The van der Waals surface area contributed by atoms with E-state index in [9.17, 15) is 9.59 Å². The normalized spacial score (nSPS) is 11.3. The largest absolute Gasteiger partial charge is 0.462 e. The van der Waals surface area contributed by atoms with Gasteiger partial charge in [-0.05, 0) is 49.6 Å². The summed E-state index contributed by atoms with van der Waals surface area (Å²) in [6, 6.07) is 0. The van der Waals surface area contributed by atoms with Crippen LogP contribution in [0.4, 0.5) is 5.00 Å². The Morgan fingerprint density at radius 1 is 1.27 bits per heavy atom. The van der Waals surface area contributed by atoms with E-state index < -0.39 is 0 Å². The number of carbonyl (C=O) groups is 2. The number of fused-ring (bicyclic) bond motifs is 1. The molecule has 0 radical (unpaired) electrons. The number of nitrogens with one attached hydrogen (secondary N) is 1. The van der Waals surface area contributed by atoms with Gasteiger partial charge in [0, 0.05) is 10.3 Å². The van der Waals surface area contributed by atoms with Crippen molar-refractivity contribution in [3.05, 3.63) is 33.3 Å². The molecule has 0 aliphatic heterocycles. The predicted molar refractivity (Wildman–Crippen MR) is 125 cm³/mol. The molecular weight excluding hydrogens is 438 g/mol. The smallest absolute Gasteiger partial charge is 0.341 e. The number of nitrogens with zero attached hydrogens (tertiary/aromatic N) is 2. The Kier molecular flexibility index (Phi) is 7.49. The van der Waals surface area contributed by atoms with E-state index in [1.807, 2.05) is 5.38 Å². The molecule has 6 nitrogen and oxygen atoms in total. The molecular formula is C21H25N3O3S3. The highest BCUT2D eigenvalue weighted by atomic mass is 32.2. The zero-order valence-corrected chi connectivity index (χ0v) is 20.1. The van der Waals surface area contributed by atoms with Crippen molar-refractivity contribution in [2.24, 2.45) is 5.92 Å². The Morgan fingerprint density at radius 3 is 2.73 bits per heavy atom. The molecule has 30 heavy (non-hydrogen) atoms. The number of esters is 1. The molecule has 160 valence electrons. The van der Waals surface area contributed by atoms with E-state index in [1.165, 1.54) is 34.3 Å². The molecule has 1 amide bonds. The van der Waals surface area contributed by atoms with E-state index >= 15 is 0 Å². The van der Waals surface area contributed by atoms with Crippen molar-refractivity contribution in [3.63, 3.8) is 0 Å². The zero-order chi connectivity index (χ0) is 21.8. The second kappa shape index (κ2) is 9.89. The second-order valence-electron chi connectivity index (χ2n) is 7.26. The number of aryl methyl sites for hydroxylation is 2. The number of aromatic nitrogens is 2. The van der Waals surface area contributed by atoms with Crippen molar-refractivity contribution in [1.82, 2.24) is 9.97 Å². The molecule has 0 saturated carbocycles. The summed E-state index contributed by atoms with van der Waals surface area (Å²) in [5, 5.41) is 7.19. The number of hydrogen-bond acceptors (Lipinski definition) is 8. The number of rotatable bonds is 8. The van der Waals surface area contributed by atoms with Gasteiger partial charge in [0.2, 0.25) is 5.91 Å². The topological polar surface area (TPSA) is 81.2 Å². The van der Waals surface area contributed by atoms with Gasteiger partial charge in [-0.1, -0.05) is 25.6 Å². The first-order valence-electron chi connectivity index (χ1n) is 9.72. The van der Waals surface area contributed by atoms with E-state index in [0.717, 1.165) is 32.8 Å². The highest BCUT2D eigenvalue weighted by molar-refractivity contribution is 8.00. The van der Waals surface area contributed by atoms with Crippen LogP contribution in [0.1, 0.15) is 47.1 Å². The van der Waals surface area contributed by atoms with Crippen LogP contribution in [-0.2, 0) is 16.0 Å². The van der Waals surface area contributed by atoms with Gasteiger partial charge in [-0.3, -0.25) is 4.79 Å². The van der Waals surface area contributed by atoms with E-state index in [0.29, 0.717) is 23.1 Å². The molecule has 3 rings (SSSR count). The van der Waals surface area contributed by atoms with Gasteiger partial charge in [0.1, 0.15) is 21.2 Å². The lowest BCUT2D eigenvalue weighted by Gasteiger charge is -2.10. The van der Waals surface area contributed by atoms with Gasteiger partial charge in [0.05, 0.1) is 17.9 Å². The fourth-order valence-corrected chi connectivity index (χ4v) is 5.96. The molecule has 0 bridgehead atoms. The fourth-order valence-electron chi connectivity index (χ4n) is 3.06. The molecule has 0 atom stereocenters. The van der Waals surface area contributed by atoms with E-state index in [2.05, 4.69) is 43.0 Å². The van der Waals surface area contributed by atoms with Crippen LogP contribution in [-0.4, -0.2) is 34.2 Å². The molecule has 1 N–H and O–H groups in total. The van der Waals surface area contributed by atoms with Gasteiger partial charge >= 0.3 is 5.97 Å². The van der Waals surface area contributed by atoms with E-state index in [4.69, 9.17) is 4.74 Å². The number of anilines is 1. The molecule has 0 saturated heterocycles. The molecule has 0 fully saturated rings. The lowest BCUT2D eigenvalue weighted by atomic mass is 10.0. The van der Waals surface area contributed by atoms with E-state index in [-0.39, 0.29) is 17.6 Å². The third kappa shape index (κ3) is 5.01. The standard InChI is InChI=1S/C21H25N3O3S3/c1-6-27-21(26)17-14(7-11(2)3)8-28-20(17)24-15(25)9-29-18-16-12(4)13(5)30-19(16)23-10-22-18/h8,10-11H,6-7,9H2,1-5H3,(H,24,25). The minimum absolute atomic E-state index is 0.181. The summed E-state index contributed by atoms with van der Waals surface area (Å²) in [5.41, 5.74) is 2.54. The van der Waals surface area contributed by atoms with Crippen molar-refractivity contribution >= 4 is 61.5 Å². The molecule has 0 aromatic carbocycles. The number of amides is 1. The highest BCUT2D eigenvalue weighted by Crippen LogP contribution is 2.35. The Balaban J connectivity index is 1.75. The number of hydrogen-bond donors (Lipinski definition) is 1. The van der Waals surface area contributed by atoms with Gasteiger partial charge in [-0.2, -0.15) is 0 Å². The lowest BCUT2D eigenvalue weighted by Crippen LogP contribution is -2.17. The second-order valence-corrected chi connectivity index (χ2v) is 10.3. The van der Waals surface area contributed by atoms with Gasteiger partial charge < -0.3 is 10.1 Å². The van der Waals surface area contributed by atoms with Crippen LogP contribution < -0.4 is 5.32 Å². The maximum absolute atomic E-state index is 12.7. The van der Waals surface area contributed by atoms with Crippen LogP contribution in [0.25, 0.3) is 10.2 Å². The molecule has 0 aliphatic rings. The summed E-state index contributed by atoms with van der Waals surface area (Å²) < 4.78 is 5.22. The first-order chi connectivity index (χ1) is 14.3. The van der Waals surface area contributed by atoms with Crippen LogP contribution in [0, 0.1) is 19.8 Å². The first-order valence-corrected chi connectivity index (χ1v) is 12.4. The minimum atomic E-state index is -0.390. The maximum Gasteiger partial charge on any atom is 0.341 e. The Hall–Kier alpha value is -1.97. The molecule has 9 heteroatoms. The van der Waals surface area contributed by atoms with Crippen molar-refractivity contribution < 1.29 is 14.3 Å². The molecule has 0 aliphatic carbocycles. The monoisotopic (exact) mass is 463 g/mol. The number of thioether (sulfide) groups is 1. The maximum atomic E-state index is 12.7. The predicted octanol–water partition coefficient (Wildman–Crippen LogP) is 5.48. The summed E-state index contributed by atoms with van der Waals surface area (Å²) in [6.45, 7) is 10.4. The van der Waals surface area contributed by atoms with Gasteiger partial charge in [-0.25, -0.2) is 14.8 Å². The Bertz CT molecular complexity index is 1070. The summed E-state index contributed by atoms with van der Waals surface area (Å²) in [5.74, 6) is 0.0172. The van der Waals surface area contributed by atoms with Crippen LogP contribution in [0.5, 0.6) is 0 Å². The summed E-state index contributed by atoms with van der Waals surface area (Å²) in [4.78, 5) is 36.0. The highest BCUT2D eigenvalue weighted by Gasteiger charge is 2.22. The van der Waals surface area contributed by atoms with Gasteiger partial charge in [0.15, 0.2) is 0 Å². The first kappa shape index (κ1) is 22.7. The molecule has 3 aromatic rings. The summed E-state index contributed by atoms with van der Waals surface area (Å²) in [7, 11) is 0. The van der Waals surface area contributed by atoms with Crippen molar-refractivity contribution in [2.45, 2.75) is 46.1 Å². The fraction of sp³-hybridized carbons (Fsp3) is 0.429. The van der Waals surface area contributed by atoms with E-state index in [1.54, 1.807) is 18.3 Å². The van der Waals surface area contributed by atoms with Crippen molar-refractivity contribution in [2.75, 3.05) is 17.7 Å². The third-order valence-corrected chi connectivity index (χ3v) is 7.55. The van der Waals surface area contributed by atoms with Gasteiger partial charge in [-0.15, -0.1) is 22.7 Å². The summed E-state index contributed by atoms with van der Waals surface area (Å²) >= 11 is 4.38. The average Bonchev–Trinajstić information content (AvgIpc) is 3.20. The molecule has 0 spiro atoms. The molecule has 3 heterocycles. The minimum Gasteiger partial charge on any atom is -0.462 e. The Labute approximate surface area is 188 Å². The van der Waals surface area contributed by atoms with Crippen LogP contribution in [0.3, 0.4) is 0 Å². The molecule has 0 unspecified atom stereocenters. The average molecular weight is 464 g/mol. The lowest BCUT2D eigenvalue weighted by molar-refractivity contribution is -0.113. The zero-order valence-electron chi connectivity index (χ0n) is 17.7. The quantitative estimate of drug-likeness (QED) is 0.271. The van der Waals surface area contributed by atoms with Crippen LogP contribution in [0.15, 0.2) is 16.7 Å². The van der Waals surface area contributed by atoms with Crippen LogP contribution in [0.2, 0.25) is 0 Å². The van der Waals surface area contributed by atoms with Crippen LogP contribution >= 0.6 is 34.4 Å². The van der Waals surface area contributed by atoms with Crippen molar-refractivity contribution in [1.29, 1.82) is 0 Å². The SMILES string of the molecule is CCOC(=O)c1c(CC(C)C)csc1NC(=O)CSc1ncnc2sc(C)c(C)c12. The third-order valence-electron chi connectivity index (χ3n) is 4.50.